The van der Waals surface area contributed by atoms with Gasteiger partial charge < -0.3 is 4.74 Å². The molecule has 0 radical (unpaired) electrons. The minimum Gasteiger partial charge on any atom is -0.376 e. The first-order valence-corrected chi connectivity index (χ1v) is 8.35. The van der Waals surface area contributed by atoms with Gasteiger partial charge in [0.05, 0.1) is 12.6 Å². The van der Waals surface area contributed by atoms with Crippen molar-refractivity contribution in [2.75, 3.05) is 13.2 Å². The smallest absolute Gasteiger partial charge is 0.143 e. The van der Waals surface area contributed by atoms with Crippen LogP contribution in [-0.2, 0) is 4.74 Å². The number of rotatable bonds is 4. The zero-order valence-corrected chi connectivity index (χ0v) is 13.3. The van der Waals surface area contributed by atoms with Crippen LogP contribution in [0.4, 0.5) is 0 Å². The molecule has 1 aromatic rings. The van der Waals surface area contributed by atoms with Crippen LogP contribution in [-0.4, -0.2) is 25.1 Å². The van der Waals surface area contributed by atoms with E-state index in [1.54, 1.807) is 0 Å². The summed E-state index contributed by atoms with van der Waals surface area (Å²) in [5.74, 6) is 13.2. The van der Waals surface area contributed by atoms with Crippen molar-refractivity contribution in [3.05, 3.63) is 35.4 Å². The Labute approximate surface area is 137 Å². The van der Waals surface area contributed by atoms with Gasteiger partial charge in [0.2, 0.25) is 0 Å². The molecule has 0 bridgehead atoms. The minimum absolute atomic E-state index is 0.210. The predicted molar refractivity (Wildman–Crippen MR) is 91.5 cm³/mol. The maximum Gasteiger partial charge on any atom is 0.143 e. The normalized spacial score (nSPS) is 21.4. The highest BCUT2D eigenvalue weighted by Gasteiger charge is 2.17. The molecule has 2 fully saturated rings. The molecule has 1 heterocycles. The molecule has 122 valence electrons. The number of aliphatic imine (C=N–C) groups is 1. The fourth-order valence-electron chi connectivity index (χ4n) is 2.54. The second kappa shape index (κ2) is 8.11. The Morgan fingerprint density at radius 1 is 1.22 bits per heavy atom. The van der Waals surface area contributed by atoms with Gasteiger partial charge in [-0.25, -0.2) is 0 Å². The van der Waals surface area contributed by atoms with Crippen LogP contribution in [0.1, 0.15) is 43.2 Å². The SMILES string of the molecule is NNNC(=NCC1CCCCO1)c1ccc(C#CC2CC2)cc1. The van der Waals surface area contributed by atoms with E-state index in [9.17, 15) is 0 Å². The van der Waals surface area contributed by atoms with E-state index < -0.39 is 0 Å². The number of hydrazine groups is 2. The van der Waals surface area contributed by atoms with E-state index >= 15 is 0 Å². The minimum atomic E-state index is 0.210. The molecule has 5 nitrogen and oxygen atoms in total. The highest BCUT2D eigenvalue weighted by molar-refractivity contribution is 5.98. The van der Waals surface area contributed by atoms with Gasteiger partial charge in [0.1, 0.15) is 5.84 Å². The summed E-state index contributed by atoms with van der Waals surface area (Å²) >= 11 is 0. The number of nitrogens with two attached hydrogens (primary N) is 1. The summed E-state index contributed by atoms with van der Waals surface area (Å²) in [5.41, 5.74) is 7.39. The molecule has 1 aliphatic carbocycles. The summed E-state index contributed by atoms with van der Waals surface area (Å²) in [5, 5.41) is 0. The predicted octanol–water partition coefficient (Wildman–Crippen LogP) is 1.73. The maximum atomic E-state index is 5.72. The molecule has 1 saturated heterocycles. The summed E-state index contributed by atoms with van der Waals surface area (Å²) in [6, 6.07) is 8.08. The average molecular weight is 312 g/mol. The van der Waals surface area contributed by atoms with Crippen molar-refractivity contribution in [3.8, 4) is 11.8 Å². The standard InChI is InChI=1S/C18H24N4O/c19-22-21-18(20-13-17-3-1-2-12-23-17)16-10-8-15(9-11-16)7-6-14-4-5-14/h8-11,14,17,22H,1-5,12-13,19H2,(H,20,21). The third-order valence-electron chi connectivity index (χ3n) is 4.07. The topological polar surface area (TPSA) is 71.7 Å². The second-order valence-electron chi connectivity index (χ2n) is 6.07. The Morgan fingerprint density at radius 2 is 2.04 bits per heavy atom. The Hall–Kier alpha value is -1.87. The van der Waals surface area contributed by atoms with Gasteiger partial charge in [0.15, 0.2) is 0 Å². The zero-order valence-electron chi connectivity index (χ0n) is 13.3. The molecule has 4 N–H and O–H groups in total. The highest BCUT2D eigenvalue weighted by atomic mass is 16.5. The lowest BCUT2D eigenvalue weighted by atomic mass is 10.1. The van der Waals surface area contributed by atoms with E-state index in [-0.39, 0.29) is 6.10 Å². The maximum absolute atomic E-state index is 5.72. The largest absolute Gasteiger partial charge is 0.376 e. The van der Waals surface area contributed by atoms with Crippen molar-refractivity contribution < 1.29 is 4.74 Å². The van der Waals surface area contributed by atoms with Gasteiger partial charge in [0.25, 0.3) is 0 Å². The summed E-state index contributed by atoms with van der Waals surface area (Å²) in [6.07, 6.45) is 6.14. The number of amidine groups is 1. The van der Waals surface area contributed by atoms with Gasteiger partial charge in [-0.2, -0.15) is 5.53 Å². The van der Waals surface area contributed by atoms with E-state index in [2.05, 4.69) is 27.8 Å². The molecular weight excluding hydrogens is 288 g/mol. The Kier molecular flexibility index (Phi) is 5.65. The van der Waals surface area contributed by atoms with Crippen molar-refractivity contribution in [1.29, 1.82) is 0 Å². The van der Waals surface area contributed by atoms with Crippen molar-refractivity contribution in [2.45, 2.75) is 38.2 Å². The van der Waals surface area contributed by atoms with Gasteiger partial charge >= 0.3 is 0 Å². The van der Waals surface area contributed by atoms with Crippen molar-refractivity contribution in [1.82, 2.24) is 11.0 Å². The van der Waals surface area contributed by atoms with E-state index in [0.717, 1.165) is 36.4 Å². The fourth-order valence-corrected chi connectivity index (χ4v) is 2.54. The lowest BCUT2D eigenvalue weighted by molar-refractivity contribution is 0.0225. The van der Waals surface area contributed by atoms with Crippen LogP contribution in [0.3, 0.4) is 0 Å². The molecule has 1 atom stereocenters. The van der Waals surface area contributed by atoms with Crippen LogP contribution in [0.25, 0.3) is 0 Å². The molecule has 0 amide bonds. The third kappa shape index (κ3) is 5.07. The number of ether oxygens (including phenoxy) is 1. The van der Waals surface area contributed by atoms with Gasteiger partial charge in [-0.3, -0.25) is 16.3 Å². The van der Waals surface area contributed by atoms with Crippen LogP contribution in [0.15, 0.2) is 29.3 Å². The van der Waals surface area contributed by atoms with Crippen molar-refractivity contribution in [2.24, 2.45) is 16.8 Å². The molecule has 1 saturated carbocycles. The van der Waals surface area contributed by atoms with E-state index in [4.69, 9.17) is 10.6 Å². The molecular formula is C18H24N4O. The first-order valence-electron chi connectivity index (χ1n) is 8.35. The van der Waals surface area contributed by atoms with Gasteiger partial charge in [0, 0.05) is 23.7 Å². The number of hydrogen-bond acceptors (Lipinski definition) is 4. The quantitative estimate of drug-likeness (QED) is 0.260. The monoisotopic (exact) mass is 312 g/mol. The summed E-state index contributed by atoms with van der Waals surface area (Å²) in [7, 11) is 0. The van der Waals surface area contributed by atoms with E-state index in [1.807, 2.05) is 24.3 Å². The molecule has 2 aliphatic rings. The Balaban J connectivity index is 1.65. The molecule has 1 unspecified atom stereocenters. The van der Waals surface area contributed by atoms with Crippen molar-refractivity contribution in [3.63, 3.8) is 0 Å². The van der Waals surface area contributed by atoms with E-state index in [1.165, 1.54) is 19.3 Å². The molecule has 0 spiro atoms. The van der Waals surface area contributed by atoms with Gasteiger partial charge in [-0.15, -0.1) is 0 Å². The number of hydrogen-bond donors (Lipinski definition) is 3. The Bertz CT molecular complexity index is 590. The molecule has 0 aromatic heterocycles. The van der Waals surface area contributed by atoms with E-state index in [0.29, 0.717) is 12.5 Å². The first-order chi connectivity index (χ1) is 11.3. The number of nitrogens with zero attached hydrogens (tertiary/aromatic N) is 1. The zero-order chi connectivity index (χ0) is 15.9. The molecule has 3 rings (SSSR count). The second-order valence-corrected chi connectivity index (χ2v) is 6.07. The Morgan fingerprint density at radius 3 is 2.70 bits per heavy atom. The number of benzene rings is 1. The molecule has 5 heteroatoms. The van der Waals surface area contributed by atoms with Crippen LogP contribution in [0, 0.1) is 17.8 Å². The van der Waals surface area contributed by atoms with Crippen LogP contribution < -0.4 is 16.8 Å². The summed E-state index contributed by atoms with van der Waals surface area (Å²) < 4.78 is 5.72. The van der Waals surface area contributed by atoms with Gasteiger partial charge in [-0.1, -0.05) is 24.0 Å². The first kappa shape index (κ1) is 16.0. The lowest BCUT2D eigenvalue weighted by Crippen LogP contribution is -2.43. The lowest BCUT2D eigenvalue weighted by Gasteiger charge is -2.21. The average Bonchev–Trinajstić information content (AvgIpc) is 3.43. The van der Waals surface area contributed by atoms with Crippen molar-refractivity contribution >= 4 is 5.84 Å². The number of nitrogens with one attached hydrogen (secondary N) is 2. The molecule has 1 aliphatic heterocycles. The van der Waals surface area contributed by atoms with Gasteiger partial charge in [-0.05, 0) is 44.2 Å². The summed E-state index contributed by atoms with van der Waals surface area (Å²) in [4.78, 5) is 4.62. The fraction of sp³-hybridized carbons (Fsp3) is 0.500. The molecule has 1 aromatic carbocycles. The highest BCUT2D eigenvalue weighted by Crippen LogP contribution is 2.27. The molecule has 23 heavy (non-hydrogen) atoms. The summed E-state index contributed by atoms with van der Waals surface area (Å²) in [6.45, 7) is 1.49. The van der Waals surface area contributed by atoms with Crippen LogP contribution in [0.2, 0.25) is 0 Å². The van der Waals surface area contributed by atoms with Crippen LogP contribution in [0.5, 0.6) is 0 Å². The third-order valence-corrected chi connectivity index (χ3v) is 4.07. The van der Waals surface area contributed by atoms with Crippen LogP contribution >= 0.6 is 0 Å².